The van der Waals surface area contributed by atoms with Gasteiger partial charge in [0, 0.05) is 6.04 Å². The molecule has 2 aliphatic rings. The molecule has 3 unspecified atom stereocenters. The first-order valence-corrected chi connectivity index (χ1v) is 6.61. The van der Waals surface area contributed by atoms with E-state index in [4.69, 9.17) is 10.5 Å². The lowest BCUT2D eigenvalue weighted by Crippen LogP contribution is -2.39. The minimum Gasteiger partial charge on any atom is -0.501 e. The van der Waals surface area contributed by atoms with E-state index in [-0.39, 0.29) is 24.8 Å². The fourth-order valence-corrected chi connectivity index (χ4v) is 2.98. The molecule has 1 saturated carbocycles. The predicted octanol–water partition coefficient (Wildman–Crippen LogP) is 3.38. The van der Waals surface area contributed by atoms with Gasteiger partial charge in [0.15, 0.2) is 0 Å². The lowest BCUT2D eigenvalue weighted by atomic mass is 9.75. The van der Waals surface area contributed by atoms with Crippen molar-refractivity contribution in [1.29, 1.82) is 0 Å². The molecule has 1 fully saturated rings. The van der Waals surface area contributed by atoms with Gasteiger partial charge in [0.2, 0.25) is 0 Å². The Labute approximate surface area is 105 Å². The minimum atomic E-state index is -4.07. The van der Waals surface area contributed by atoms with E-state index in [1.807, 2.05) is 0 Å². The van der Waals surface area contributed by atoms with Gasteiger partial charge in [-0.15, -0.1) is 0 Å². The highest BCUT2D eigenvalue weighted by atomic mass is 19.4. The van der Waals surface area contributed by atoms with Crippen LogP contribution in [0.4, 0.5) is 13.2 Å². The molecule has 0 aromatic carbocycles. The van der Waals surface area contributed by atoms with Crippen LogP contribution in [-0.2, 0) is 4.74 Å². The first-order chi connectivity index (χ1) is 8.48. The molecule has 18 heavy (non-hydrogen) atoms. The van der Waals surface area contributed by atoms with Crippen molar-refractivity contribution in [3.8, 4) is 0 Å². The van der Waals surface area contributed by atoms with Crippen LogP contribution in [0.25, 0.3) is 0 Å². The van der Waals surface area contributed by atoms with E-state index in [1.165, 1.54) is 0 Å². The Hall–Kier alpha value is -0.710. The van der Waals surface area contributed by atoms with Crippen LogP contribution in [0, 0.1) is 11.8 Å². The first kappa shape index (κ1) is 13.7. The summed E-state index contributed by atoms with van der Waals surface area (Å²) in [6.07, 6.45) is 1.19. The van der Waals surface area contributed by atoms with E-state index in [9.17, 15) is 13.2 Å². The second-order valence-corrected chi connectivity index (χ2v) is 5.36. The summed E-state index contributed by atoms with van der Waals surface area (Å²) in [4.78, 5) is 0. The Morgan fingerprint density at radius 1 is 1.28 bits per heavy atom. The van der Waals surface area contributed by atoms with Gasteiger partial charge in [0.05, 0.1) is 18.8 Å². The van der Waals surface area contributed by atoms with E-state index in [0.717, 1.165) is 24.8 Å². The van der Waals surface area contributed by atoms with Gasteiger partial charge in [-0.2, -0.15) is 13.2 Å². The number of hydrogen-bond donors (Lipinski definition) is 1. The normalized spacial score (nSPS) is 31.4. The van der Waals surface area contributed by atoms with Crippen LogP contribution in [0.5, 0.6) is 0 Å². The molecule has 5 heteroatoms. The van der Waals surface area contributed by atoms with E-state index >= 15 is 0 Å². The maximum absolute atomic E-state index is 12.7. The van der Waals surface area contributed by atoms with Crippen molar-refractivity contribution in [1.82, 2.24) is 0 Å². The summed E-state index contributed by atoms with van der Waals surface area (Å²) in [7, 11) is 0. The zero-order chi connectivity index (χ0) is 13.2. The van der Waals surface area contributed by atoms with E-state index < -0.39 is 12.1 Å². The van der Waals surface area contributed by atoms with Crippen molar-refractivity contribution in [2.24, 2.45) is 17.6 Å². The van der Waals surface area contributed by atoms with Crippen LogP contribution >= 0.6 is 0 Å². The van der Waals surface area contributed by atoms with Crippen LogP contribution in [0.15, 0.2) is 11.8 Å². The Balaban J connectivity index is 1.98. The number of alkyl halides is 3. The first-order valence-electron chi connectivity index (χ1n) is 6.61. The monoisotopic (exact) mass is 263 g/mol. The molecule has 0 saturated heterocycles. The zero-order valence-electron chi connectivity index (χ0n) is 10.4. The zero-order valence-corrected chi connectivity index (χ0v) is 10.4. The number of rotatable bonds is 2. The average Bonchev–Trinajstić information content (AvgIpc) is 2.38. The Morgan fingerprint density at radius 3 is 2.67 bits per heavy atom. The van der Waals surface area contributed by atoms with Crippen LogP contribution in [0.1, 0.15) is 38.5 Å². The van der Waals surface area contributed by atoms with Crippen LogP contribution in [-0.4, -0.2) is 18.8 Å². The summed E-state index contributed by atoms with van der Waals surface area (Å²) >= 11 is 0. The predicted molar refractivity (Wildman–Crippen MR) is 62.7 cm³/mol. The topological polar surface area (TPSA) is 35.2 Å². The summed E-state index contributed by atoms with van der Waals surface area (Å²) in [6.45, 7) is 0.687. The summed E-state index contributed by atoms with van der Waals surface area (Å²) in [5, 5.41) is 0. The molecule has 104 valence electrons. The SMILES string of the molecule is NC(C1=COCCC1)C1CCCC(C(F)(F)F)C1. The third kappa shape index (κ3) is 3.19. The Morgan fingerprint density at radius 2 is 2.06 bits per heavy atom. The third-order valence-corrected chi connectivity index (χ3v) is 4.08. The van der Waals surface area contributed by atoms with Crippen molar-refractivity contribution >= 4 is 0 Å². The Bertz CT molecular complexity index is 314. The molecule has 1 aliphatic carbocycles. The minimum absolute atomic E-state index is 0.0571. The fourth-order valence-electron chi connectivity index (χ4n) is 2.98. The van der Waals surface area contributed by atoms with Crippen molar-refractivity contribution in [2.75, 3.05) is 6.61 Å². The van der Waals surface area contributed by atoms with Crippen molar-refractivity contribution in [2.45, 2.75) is 50.7 Å². The second-order valence-electron chi connectivity index (χ2n) is 5.36. The molecule has 0 amide bonds. The number of ether oxygens (including phenoxy) is 1. The molecule has 2 rings (SSSR count). The van der Waals surface area contributed by atoms with Gasteiger partial charge in [-0.1, -0.05) is 6.42 Å². The summed E-state index contributed by atoms with van der Waals surface area (Å²) in [5.41, 5.74) is 7.09. The lowest BCUT2D eigenvalue weighted by Gasteiger charge is -2.35. The van der Waals surface area contributed by atoms with Gasteiger partial charge in [-0.3, -0.25) is 0 Å². The lowest BCUT2D eigenvalue weighted by molar-refractivity contribution is -0.186. The molecule has 0 aromatic heterocycles. The number of hydrogen-bond acceptors (Lipinski definition) is 2. The van der Waals surface area contributed by atoms with E-state index in [0.29, 0.717) is 13.0 Å². The summed E-state index contributed by atoms with van der Waals surface area (Å²) in [5.74, 6) is -1.23. The van der Waals surface area contributed by atoms with Gasteiger partial charge < -0.3 is 10.5 Å². The average molecular weight is 263 g/mol. The highest BCUT2D eigenvalue weighted by Gasteiger charge is 2.43. The molecule has 2 N–H and O–H groups in total. The van der Waals surface area contributed by atoms with Gasteiger partial charge >= 0.3 is 6.18 Å². The molecular weight excluding hydrogens is 243 g/mol. The highest BCUT2D eigenvalue weighted by Crippen LogP contribution is 2.41. The van der Waals surface area contributed by atoms with Crippen molar-refractivity contribution in [3.63, 3.8) is 0 Å². The van der Waals surface area contributed by atoms with Crippen LogP contribution < -0.4 is 5.73 Å². The maximum Gasteiger partial charge on any atom is 0.391 e. The molecule has 1 heterocycles. The van der Waals surface area contributed by atoms with E-state index in [1.54, 1.807) is 6.26 Å². The Kier molecular flexibility index (Phi) is 4.20. The number of nitrogens with two attached hydrogens (primary N) is 1. The molecule has 0 radical (unpaired) electrons. The maximum atomic E-state index is 12.7. The summed E-state index contributed by atoms with van der Waals surface area (Å²) in [6, 6.07) is -0.268. The molecule has 0 spiro atoms. The highest BCUT2D eigenvalue weighted by molar-refractivity contribution is 5.11. The van der Waals surface area contributed by atoms with Gasteiger partial charge in [0.25, 0.3) is 0 Å². The van der Waals surface area contributed by atoms with E-state index in [2.05, 4.69) is 0 Å². The van der Waals surface area contributed by atoms with Crippen LogP contribution in [0.2, 0.25) is 0 Å². The molecule has 2 nitrogen and oxygen atoms in total. The summed E-state index contributed by atoms with van der Waals surface area (Å²) < 4.78 is 43.4. The molecule has 3 atom stereocenters. The number of halogens is 3. The molecule has 0 aromatic rings. The van der Waals surface area contributed by atoms with Crippen molar-refractivity contribution < 1.29 is 17.9 Å². The third-order valence-electron chi connectivity index (χ3n) is 4.08. The van der Waals surface area contributed by atoms with Gasteiger partial charge in [0.1, 0.15) is 0 Å². The molecule has 1 aliphatic heterocycles. The second kappa shape index (κ2) is 5.51. The van der Waals surface area contributed by atoms with Gasteiger partial charge in [-0.05, 0) is 43.6 Å². The largest absolute Gasteiger partial charge is 0.501 e. The van der Waals surface area contributed by atoms with Gasteiger partial charge in [-0.25, -0.2) is 0 Å². The standard InChI is InChI=1S/C13H20F3NO/c14-13(15,16)11-5-1-3-9(7-11)12(17)10-4-2-6-18-8-10/h8-9,11-12H,1-7,17H2. The van der Waals surface area contributed by atoms with Crippen LogP contribution in [0.3, 0.4) is 0 Å². The van der Waals surface area contributed by atoms with Crippen molar-refractivity contribution in [3.05, 3.63) is 11.8 Å². The smallest absolute Gasteiger partial charge is 0.391 e. The molecular formula is C13H20F3NO. The quantitative estimate of drug-likeness (QED) is 0.829. The fraction of sp³-hybridized carbons (Fsp3) is 0.846. The molecule has 0 bridgehead atoms.